The molecule has 2 N–H and O–H groups in total. The molecule has 3 heteroatoms. The van der Waals surface area contributed by atoms with Crippen LogP contribution in [0.4, 0.5) is 0 Å². The van der Waals surface area contributed by atoms with Gasteiger partial charge < -0.3 is 14.8 Å². The third-order valence-corrected chi connectivity index (χ3v) is 4.44. The Bertz CT molecular complexity index is 406. The van der Waals surface area contributed by atoms with Crippen LogP contribution in [0.1, 0.15) is 56.5 Å². The van der Waals surface area contributed by atoms with Gasteiger partial charge in [0.05, 0.1) is 12.1 Å². The highest BCUT2D eigenvalue weighted by molar-refractivity contribution is 5.17. The van der Waals surface area contributed by atoms with Gasteiger partial charge in [-0.05, 0) is 37.3 Å². The van der Waals surface area contributed by atoms with Crippen LogP contribution in [0.5, 0.6) is 0 Å². The van der Waals surface area contributed by atoms with Gasteiger partial charge in [0.15, 0.2) is 0 Å². The summed E-state index contributed by atoms with van der Waals surface area (Å²) in [6.45, 7) is 3.67. The number of hydrogen-bond acceptors (Lipinski definition) is 3. The van der Waals surface area contributed by atoms with Gasteiger partial charge in [0.2, 0.25) is 0 Å². The number of aliphatic hydroxyl groups is 1. The number of furan rings is 1. The normalized spacial score (nSPS) is 29.7. The highest BCUT2D eigenvalue weighted by Gasteiger charge is 2.36. The highest BCUT2D eigenvalue weighted by atomic mass is 16.3. The standard InChI is InChI=1S/C15H23NO2/c1-11-8-13(11)14-5-4-12(18-14)9-16-10-15(17)6-2-3-7-15/h4-5,11,13,16-17H,2-3,6-10H2,1H3. The van der Waals surface area contributed by atoms with Crippen molar-refractivity contribution in [3.05, 3.63) is 23.7 Å². The Balaban J connectivity index is 1.46. The molecule has 0 bridgehead atoms. The Labute approximate surface area is 109 Å². The molecule has 1 aromatic rings. The molecule has 2 aliphatic carbocycles. The van der Waals surface area contributed by atoms with Crippen LogP contribution in [0, 0.1) is 5.92 Å². The second-order valence-corrected chi connectivity index (χ2v) is 6.16. The van der Waals surface area contributed by atoms with Gasteiger partial charge in [-0.1, -0.05) is 19.8 Å². The molecule has 2 fully saturated rings. The Kier molecular flexibility index (Phi) is 3.20. The van der Waals surface area contributed by atoms with Crippen molar-refractivity contribution in [2.24, 2.45) is 5.92 Å². The lowest BCUT2D eigenvalue weighted by Gasteiger charge is -2.22. The molecule has 2 unspecified atom stereocenters. The van der Waals surface area contributed by atoms with Crippen LogP contribution in [0.2, 0.25) is 0 Å². The Morgan fingerprint density at radius 3 is 2.78 bits per heavy atom. The molecule has 0 amide bonds. The minimum atomic E-state index is -0.472. The maximum absolute atomic E-state index is 10.2. The average Bonchev–Trinajstić information content (AvgIpc) is 2.79. The minimum Gasteiger partial charge on any atom is -0.464 e. The lowest BCUT2D eigenvalue weighted by Crippen LogP contribution is -2.37. The van der Waals surface area contributed by atoms with Crippen molar-refractivity contribution in [3.63, 3.8) is 0 Å². The molecule has 100 valence electrons. The molecule has 1 aromatic heterocycles. The summed E-state index contributed by atoms with van der Waals surface area (Å²) in [5.74, 6) is 3.57. The van der Waals surface area contributed by atoms with Crippen LogP contribution in [0.25, 0.3) is 0 Å². The summed E-state index contributed by atoms with van der Waals surface area (Å²) in [7, 11) is 0. The van der Waals surface area contributed by atoms with Gasteiger partial charge in [-0.2, -0.15) is 0 Å². The maximum Gasteiger partial charge on any atom is 0.117 e. The van der Waals surface area contributed by atoms with E-state index < -0.39 is 5.60 Å². The zero-order chi connectivity index (χ0) is 12.6. The van der Waals surface area contributed by atoms with E-state index in [-0.39, 0.29) is 0 Å². The summed E-state index contributed by atoms with van der Waals surface area (Å²) in [5, 5.41) is 13.5. The summed E-state index contributed by atoms with van der Waals surface area (Å²) in [6, 6.07) is 4.17. The third kappa shape index (κ3) is 2.62. The van der Waals surface area contributed by atoms with Gasteiger partial charge in [-0.25, -0.2) is 0 Å². The zero-order valence-electron chi connectivity index (χ0n) is 11.1. The van der Waals surface area contributed by atoms with E-state index in [1.54, 1.807) is 0 Å². The number of rotatable bonds is 5. The molecule has 0 aromatic carbocycles. The van der Waals surface area contributed by atoms with Crippen LogP contribution in [0.15, 0.2) is 16.5 Å². The molecular formula is C15H23NO2. The minimum absolute atomic E-state index is 0.472. The summed E-state index contributed by atoms with van der Waals surface area (Å²) >= 11 is 0. The second-order valence-electron chi connectivity index (χ2n) is 6.16. The highest BCUT2D eigenvalue weighted by Crippen LogP contribution is 2.47. The molecule has 2 aliphatic rings. The molecule has 3 nitrogen and oxygen atoms in total. The summed E-state index contributed by atoms with van der Waals surface area (Å²) in [5.41, 5.74) is -0.472. The van der Waals surface area contributed by atoms with Crippen LogP contribution in [-0.4, -0.2) is 17.3 Å². The van der Waals surface area contributed by atoms with Crippen LogP contribution in [0.3, 0.4) is 0 Å². The first-order valence-corrected chi connectivity index (χ1v) is 7.18. The van der Waals surface area contributed by atoms with Crippen molar-refractivity contribution in [1.82, 2.24) is 5.32 Å². The van der Waals surface area contributed by atoms with Gasteiger partial charge in [0.1, 0.15) is 11.5 Å². The first kappa shape index (κ1) is 12.2. The Hall–Kier alpha value is -0.800. The van der Waals surface area contributed by atoms with E-state index in [1.807, 2.05) is 0 Å². The van der Waals surface area contributed by atoms with Crippen LogP contribution in [-0.2, 0) is 6.54 Å². The first-order chi connectivity index (χ1) is 8.66. The quantitative estimate of drug-likeness (QED) is 0.843. The third-order valence-electron chi connectivity index (χ3n) is 4.44. The fourth-order valence-electron chi connectivity index (χ4n) is 3.04. The number of nitrogens with one attached hydrogen (secondary N) is 1. The van der Waals surface area contributed by atoms with Crippen molar-refractivity contribution in [2.75, 3.05) is 6.54 Å². The van der Waals surface area contributed by atoms with Gasteiger partial charge in [-0.3, -0.25) is 0 Å². The number of hydrogen-bond donors (Lipinski definition) is 2. The van der Waals surface area contributed by atoms with Gasteiger partial charge in [0.25, 0.3) is 0 Å². The predicted molar refractivity (Wildman–Crippen MR) is 70.4 cm³/mol. The van der Waals surface area contributed by atoms with E-state index >= 15 is 0 Å². The van der Waals surface area contributed by atoms with Gasteiger partial charge >= 0.3 is 0 Å². The molecule has 0 aliphatic heterocycles. The van der Waals surface area contributed by atoms with Gasteiger partial charge in [-0.15, -0.1) is 0 Å². The van der Waals surface area contributed by atoms with Crippen molar-refractivity contribution in [1.29, 1.82) is 0 Å². The van der Waals surface area contributed by atoms with Crippen molar-refractivity contribution in [3.8, 4) is 0 Å². The van der Waals surface area contributed by atoms with Crippen LogP contribution >= 0.6 is 0 Å². The van der Waals surface area contributed by atoms with Gasteiger partial charge in [0, 0.05) is 12.5 Å². The largest absolute Gasteiger partial charge is 0.464 e. The molecule has 3 rings (SSSR count). The lowest BCUT2D eigenvalue weighted by molar-refractivity contribution is 0.0470. The Morgan fingerprint density at radius 2 is 2.11 bits per heavy atom. The van der Waals surface area contributed by atoms with Crippen molar-refractivity contribution >= 4 is 0 Å². The molecule has 0 spiro atoms. The average molecular weight is 249 g/mol. The van der Waals surface area contributed by atoms with E-state index in [0.29, 0.717) is 12.5 Å². The van der Waals surface area contributed by atoms with E-state index in [2.05, 4.69) is 24.4 Å². The fourth-order valence-corrected chi connectivity index (χ4v) is 3.04. The fraction of sp³-hybridized carbons (Fsp3) is 0.733. The molecule has 2 atom stereocenters. The predicted octanol–water partition coefficient (Wildman–Crippen LogP) is 2.80. The topological polar surface area (TPSA) is 45.4 Å². The SMILES string of the molecule is CC1CC1c1ccc(CNCC2(O)CCCC2)o1. The van der Waals surface area contributed by atoms with E-state index in [0.717, 1.165) is 49.7 Å². The molecule has 0 saturated heterocycles. The molecule has 18 heavy (non-hydrogen) atoms. The molecule has 0 radical (unpaired) electrons. The lowest BCUT2D eigenvalue weighted by atomic mass is 10.0. The van der Waals surface area contributed by atoms with Crippen molar-refractivity contribution < 1.29 is 9.52 Å². The molecular weight excluding hydrogens is 226 g/mol. The molecule has 1 heterocycles. The summed E-state index contributed by atoms with van der Waals surface area (Å²) in [4.78, 5) is 0. The first-order valence-electron chi connectivity index (χ1n) is 7.18. The zero-order valence-corrected chi connectivity index (χ0v) is 11.1. The van der Waals surface area contributed by atoms with E-state index in [1.165, 1.54) is 6.42 Å². The Morgan fingerprint density at radius 1 is 1.39 bits per heavy atom. The maximum atomic E-state index is 10.2. The van der Waals surface area contributed by atoms with E-state index in [9.17, 15) is 5.11 Å². The van der Waals surface area contributed by atoms with Crippen LogP contribution < -0.4 is 5.32 Å². The summed E-state index contributed by atoms with van der Waals surface area (Å²) < 4.78 is 5.83. The summed E-state index contributed by atoms with van der Waals surface area (Å²) in [6.07, 6.45) is 5.44. The smallest absolute Gasteiger partial charge is 0.117 e. The van der Waals surface area contributed by atoms with E-state index in [4.69, 9.17) is 4.42 Å². The monoisotopic (exact) mass is 249 g/mol. The van der Waals surface area contributed by atoms with Crippen molar-refractivity contribution in [2.45, 2.75) is 57.1 Å². The molecule has 2 saturated carbocycles. The second kappa shape index (κ2) is 4.71.